The fraction of sp³-hybridized carbons (Fsp3) is 0.800. The van der Waals surface area contributed by atoms with Crippen LogP contribution >= 0.6 is 0 Å². The molecule has 0 spiro atoms. The highest BCUT2D eigenvalue weighted by Gasteiger charge is 2.35. The first kappa shape index (κ1) is 14.9. The Balaban J connectivity index is 4.70. The first-order chi connectivity index (χ1) is 7.47. The minimum Gasteiger partial charge on any atom is -0.480 e. The van der Waals surface area contributed by atoms with Crippen molar-refractivity contribution in [1.29, 1.82) is 0 Å². The van der Waals surface area contributed by atoms with Gasteiger partial charge in [0.2, 0.25) is 5.91 Å². The van der Waals surface area contributed by atoms with Crippen LogP contribution in [0.4, 0.5) is 0 Å². The van der Waals surface area contributed by atoms with E-state index in [4.69, 9.17) is 15.9 Å². The molecule has 6 nitrogen and oxygen atoms in total. The SMILES string of the molecule is CCC(CC)(CN)C(=O)N[C@@H](CO)C(=O)O. The molecule has 0 rings (SSSR count). The van der Waals surface area contributed by atoms with E-state index in [1.807, 2.05) is 13.8 Å². The van der Waals surface area contributed by atoms with Crippen molar-refractivity contribution >= 4 is 11.9 Å². The summed E-state index contributed by atoms with van der Waals surface area (Å²) in [5.74, 6) is -1.67. The molecule has 5 N–H and O–H groups in total. The maximum atomic E-state index is 11.9. The third-order valence-corrected chi connectivity index (χ3v) is 3.01. The molecule has 1 amide bonds. The number of carboxylic acid groups (broad SMARTS) is 1. The van der Waals surface area contributed by atoms with E-state index < -0.39 is 29.9 Å². The third-order valence-electron chi connectivity index (χ3n) is 3.01. The van der Waals surface area contributed by atoms with Crippen molar-refractivity contribution < 1.29 is 19.8 Å². The van der Waals surface area contributed by atoms with Gasteiger partial charge in [0.25, 0.3) is 0 Å². The molecular formula is C10H20N2O4. The number of aliphatic hydroxyl groups is 1. The van der Waals surface area contributed by atoms with Crippen LogP contribution in [0.15, 0.2) is 0 Å². The second kappa shape index (κ2) is 6.44. The van der Waals surface area contributed by atoms with Crippen LogP contribution < -0.4 is 11.1 Å². The van der Waals surface area contributed by atoms with E-state index in [1.54, 1.807) is 0 Å². The van der Waals surface area contributed by atoms with Gasteiger partial charge in [0.15, 0.2) is 0 Å². The lowest BCUT2D eigenvalue weighted by atomic mass is 9.81. The molecule has 16 heavy (non-hydrogen) atoms. The number of carboxylic acids is 1. The smallest absolute Gasteiger partial charge is 0.328 e. The van der Waals surface area contributed by atoms with E-state index in [0.717, 1.165) is 0 Å². The summed E-state index contributed by atoms with van der Waals surface area (Å²) < 4.78 is 0. The van der Waals surface area contributed by atoms with Crippen molar-refractivity contribution in [2.75, 3.05) is 13.2 Å². The van der Waals surface area contributed by atoms with Crippen molar-refractivity contribution in [2.24, 2.45) is 11.1 Å². The summed E-state index contributed by atoms with van der Waals surface area (Å²) in [7, 11) is 0. The molecule has 0 unspecified atom stereocenters. The van der Waals surface area contributed by atoms with Gasteiger partial charge in [-0.3, -0.25) is 4.79 Å². The van der Waals surface area contributed by atoms with E-state index in [2.05, 4.69) is 5.32 Å². The van der Waals surface area contributed by atoms with Gasteiger partial charge >= 0.3 is 5.97 Å². The number of amides is 1. The van der Waals surface area contributed by atoms with E-state index in [1.165, 1.54) is 0 Å². The van der Waals surface area contributed by atoms with Gasteiger partial charge in [-0.2, -0.15) is 0 Å². The average molecular weight is 232 g/mol. The molecule has 94 valence electrons. The molecule has 0 aliphatic rings. The number of nitrogens with one attached hydrogen (secondary N) is 1. The molecule has 0 aromatic rings. The van der Waals surface area contributed by atoms with Crippen molar-refractivity contribution in [1.82, 2.24) is 5.32 Å². The largest absolute Gasteiger partial charge is 0.480 e. The average Bonchev–Trinajstić information content (AvgIpc) is 2.28. The Hall–Kier alpha value is -1.14. The summed E-state index contributed by atoms with van der Waals surface area (Å²) in [6, 6.07) is -1.27. The molecule has 0 heterocycles. The summed E-state index contributed by atoms with van der Waals surface area (Å²) in [6.07, 6.45) is 1.06. The van der Waals surface area contributed by atoms with E-state index in [9.17, 15) is 9.59 Å². The maximum absolute atomic E-state index is 11.9. The number of rotatable bonds is 7. The molecular weight excluding hydrogens is 212 g/mol. The summed E-state index contributed by atoms with van der Waals surface area (Å²) in [4.78, 5) is 22.5. The molecule has 1 atom stereocenters. The zero-order valence-corrected chi connectivity index (χ0v) is 9.69. The van der Waals surface area contributed by atoms with E-state index in [0.29, 0.717) is 12.8 Å². The monoisotopic (exact) mass is 232 g/mol. The second-order valence-corrected chi connectivity index (χ2v) is 3.74. The molecule has 0 fully saturated rings. The lowest BCUT2D eigenvalue weighted by Crippen LogP contribution is -2.52. The molecule has 0 aliphatic heterocycles. The molecule has 0 aromatic heterocycles. The highest BCUT2D eigenvalue weighted by atomic mass is 16.4. The zero-order chi connectivity index (χ0) is 12.8. The quantitative estimate of drug-likeness (QED) is 0.464. The normalized spacial score (nSPS) is 13.2. The molecule has 0 bridgehead atoms. The Morgan fingerprint density at radius 2 is 1.88 bits per heavy atom. The number of aliphatic hydroxyl groups excluding tert-OH is 1. The van der Waals surface area contributed by atoms with Gasteiger partial charge in [0, 0.05) is 6.54 Å². The van der Waals surface area contributed by atoms with Gasteiger partial charge < -0.3 is 21.3 Å². The van der Waals surface area contributed by atoms with Crippen LogP contribution in [0.5, 0.6) is 0 Å². The van der Waals surface area contributed by atoms with Crippen LogP contribution in [0.2, 0.25) is 0 Å². The zero-order valence-electron chi connectivity index (χ0n) is 9.69. The van der Waals surface area contributed by atoms with Crippen LogP contribution in [0, 0.1) is 5.41 Å². The van der Waals surface area contributed by atoms with Crippen molar-refractivity contribution in [3.8, 4) is 0 Å². The Bertz CT molecular complexity index is 243. The summed E-state index contributed by atoms with van der Waals surface area (Å²) in [6.45, 7) is 3.17. The number of nitrogens with two attached hydrogens (primary N) is 1. The Morgan fingerprint density at radius 1 is 1.38 bits per heavy atom. The molecule has 6 heteroatoms. The molecule has 0 saturated carbocycles. The van der Waals surface area contributed by atoms with Crippen molar-refractivity contribution in [3.63, 3.8) is 0 Å². The molecule has 0 radical (unpaired) electrons. The van der Waals surface area contributed by atoms with Crippen LogP contribution in [-0.2, 0) is 9.59 Å². The predicted octanol–water partition coefficient (Wildman–Crippen LogP) is -0.687. The van der Waals surface area contributed by atoms with Gasteiger partial charge in [0.1, 0.15) is 6.04 Å². The number of hydrogen-bond acceptors (Lipinski definition) is 4. The first-order valence-corrected chi connectivity index (χ1v) is 5.32. The fourth-order valence-electron chi connectivity index (χ4n) is 1.45. The van der Waals surface area contributed by atoms with Gasteiger partial charge in [-0.25, -0.2) is 4.79 Å². The van der Waals surface area contributed by atoms with Crippen LogP contribution in [-0.4, -0.2) is 41.3 Å². The van der Waals surface area contributed by atoms with Crippen molar-refractivity contribution in [2.45, 2.75) is 32.7 Å². The lowest BCUT2D eigenvalue weighted by molar-refractivity contribution is -0.145. The van der Waals surface area contributed by atoms with Crippen LogP contribution in [0.3, 0.4) is 0 Å². The van der Waals surface area contributed by atoms with E-state index >= 15 is 0 Å². The number of hydrogen-bond donors (Lipinski definition) is 4. The molecule has 0 aliphatic carbocycles. The molecule has 0 saturated heterocycles. The lowest BCUT2D eigenvalue weighted by Gasteiger charge is -2.29. The third kappa shape index (κ3) is 3.18. The summed E-state index contributed by atoms with van der Waals surface area (Å²) in [5.41, 5.74) is 4.81. The fourth-order valence-corrected chi connectivity index (χ4v) is 1.45. The molecule has 0 aromatic carbocycles. The minimum absolute atomic E-state index is 0.156. The highest BCUT2D eigenvalue weighted by Crippen LogP contribution is 2.25. The number of carbonyl (C=O) groups is 2. The van der Waals surface area contributed by atoms with Crippen LogP contribution in [0.1, 0.15) is 26.7 Å². The Labute approximate surface area is 94.8 Å². The topological polar surface area (TPSA) is 113 Å². The second-order valence-electron chi connectivity index (χ2n) is 3.74. The Kier molecular flexibility index (Phi) is 5.98. The van der Waals surface area contributed by atoms with Gasteiger partial charge in [-0.05, 0) is 12.8 Å². The van der Waals surface area contributed by atoms with Gasteiger partial charge in [0.05, 0.1) is 12.0 Å². The van der Waals surface area contributed by atoms with E-state index in [-0.39, 0.29) is 6.54 Å². The minimum atomic E-state index is -1.27. The van der Waals surface area contributed by atoms with Gasteiger partial charge in [-0.15, -0.1) is 0 Å². The van der Waals surface area contributed by atoms with Crippen molar-refractivity contribution in [3.05, 3.63) is 0 Å². The van der Waals surface area contributed by atoms with Crippen LogP contribution in [0.25, 0.3) is 0 Å². The summed E-state index contributed by atoms with van der Waals surface area (Å²) >= 11 is 0. The first-order valence-electron chi connectivity index (χ1n) is 5.32. The standard InChI is InChI=1S/C10H20N2O4/c1-3-10(4-2,6-11)9(16)12-7(5-13)8(14)15/h7,13H,3-6,11H2,1-2H3,(H,12,16)(H,14,15)/t7-/m0/s1. The predicted molar refractivity (Wildman–Crippen MR) is 58.7 cm³/mol. The maximum Gasteiger partial charge on any atom is 0.328 e. The Morgan fingerprint density at radius 3 is 2.12 bits per heavy atom. The number of carbonyl (C=O) groups excluding carboxylic acids is 1. The summed E-state index contributed by atoms with van der Waals surface area (Å²) in [5, 5.41) is 19.8. The highest BCUT2D eigenvalue weighted by molar-refractivity contribution is 5.87. The van der Waals surface area contributed by atoms with Gasteiger partial charge in [-0.1, -0.05) is 13.8 Å². The number of aliphatic carboxylic acids is 1.